The van der Waals surface area contributed by atoms with Crippen LogP contribution in [0.5, 0.6) is 0 Å². The number of nitrogens with zero attached hydrogens (tertiary/aromatic N) is 1. The molecule has 2 rings (SSSR count). The molecule has 1 saturated heterocycles. The largest absolute Gasteiger partial charge is 0.390 e. The van der Waals surface area contributed by atoms with Crippen LogP contribution in [0.25, 0.3) is 0 Å². The smallest absolute Gasteiger partial charge is 0.0791 e. The predicted octanol–water partition coefficient (Wildman–Crippen LogP) is 0.299. The normalized spacial score (nSPS) is 34.7. The number of likely N-dealkylation sites (N-methyl/N-ethyl adjacent to an activating group) is 1. The van der Waals surface area contributed by atoms with Crippen LogP contribution >= 0.6 is 0 Å². The van der Waals surface area contributed by atoms with Gasteiger partial charge in [0.15, 0.2) is 0 Å². The molecule has 2 N–H and O–H groups in total. The van der Waals surface area contributed by atoms with E-state index in [1.165, 1.54) is 32.4 Å². The van der Waals surface area contributed by atoms with Gasteiger partial charge in [0.25, 0.3) is 0 Å². The van der Waals surface area contributed by atoms with Crippen molar-refractivity contribution in [2.45, 2.75) is 25.4 Å². The lowest BCUT2D eigenvalue weighted by Crippen LogP contribution is -2.36. The lowest BCUT2D eigenvalue weighted by atomic mass is 10.0. The number of rotatable bonds is 4. The standard InChI is InChI=1S/C11H22N2O/c1-12-5-11(14)8-13-6-9-3-2-4-10(9)7-13/h9-12,14H,2-8H2,1H3. The Morgan fingerprint density at radius 1 is 1.36 bits per heavy atom. The van der Waals surface area contributed by atoms with Crippen LogP contribution in [0.2, 0.25) is 0 Å². The van der Waals surface area contributed by atoms with Crippen LogP contribution in [0.1, 0.15) is 19.3 Å². The first-order chi connectivity index (χ1) is 6.79. The molecule has 2 fully saturated rings. The summed E-state index contributed by atoms with van der Waals surface area (Å²) in [6, 6.07) is 0. The predicted molar refractivity (Wildman–Crippen MR) is 57.2 cm³/mol. The Morgan fingerprint density at radius 2 is 2.00 bits per heavy atom. The van der Waals surface area contributed by atoms with Crippen molar-refractivity contribution in [1.82, 2.24) is 10.2 Å². The molecule has 0 amide bonds. The minimum Gasteiger partial charge on any atom is -0.390 e. The van der Waals surface area contributed by atoms with Crippen LogP contribution in [0.15, 0.2) is 0 Å². The number of hydrogen-bond donors (Lipinski definition) is 2. The first-order valence-corrected chi connectivity index (χ1v) is 5.84. The second-order valence-electron chi connectivity index (χ2n) is 4.88. The molecule has 0 aromatic rings. The summed E-state index contributed by atoms with van der Waals surface area (Å²) >= 11 is 0. The van der Waals surface area contributed by atoms with Crippen LogP contribution in [0, 0.1) is 11.8 Å². The SMILES string of the molecule is CNCC(O)CN1CC2CCCC2C1. The maximum absolute atomic E-state index is 9.67. The summed E-state index contributed by atoms with van der Waals surface area (Å²) in [5, 5.41) is 12.7. The Bertz CT molecular complexity index is 174. The van der Waals surface area contributed by atoms with Crippen LogP contribution in [0.4, 0.5) is 0 Å². The molecule has 0 bridgehead atoms. The monoisotopic (exact) mass is 198 g/mol. The van der Waals surface area contributed by atoms with E-state index in [0.717, 1.165) is 18.4 Å². The van der Waals surface area contributed by atoms with Crippen molar-refractivity contribution >= 4 is 0 Å². The molecule has 1 heterocycles. The molecular formula is C11H22N2O. The Kier molecular flexibility index (Phi) is 3.42. The van der Waals surface area contributed by atoms with Gasteiger partial charge in [-0.3, -0.25) is 0 Å². The Labute approximate surface area is 86.5 Å². The Balaban J connectivity index is 1.73. The Morgan fingerprint density at radius 3 is 2.57 bits per heavy atom. The van der Waals surface area contributed by atoms with Gasteiger partial charge in [-0.05, 0) is 31.7 Å². The van der Waals surface area contributed by atoms with Gasteiger partial charge in [-0.1, -0.05) is 6.42 Å². The third-order valence-electron chi connectivity index (χ3n) is 3.71. The summed E-state index contributed by atoms with van der Waals surface area (Å²) in [4.78, 5) is 2.44. The molecule has 14 heavy (non-hydrogen) atoms. The highest BCUT2D eigenvalue weighted by Crippen LogP contribution is 2.37. The number of likely N-dealkylation sites (tertiary alicyclic amines) is 1. The molecule has 2 aliphatic rings. The first kappa shape index (κ1) is 10.4. The molecule has 3 atom stereocenters. The first-order valence-electron chi connectivity index (χ1n) is 5.84. The summed E-state index contributed by atoms with van der Waals surface area (Å²) < 4.78 is 0. The number of hydrogen-bond acceptors (Lipinski definition) is 3. The average Bonchev–Trinajstić information content (AvgIpc) is 2.63. The van der Waals surface area contributed by atoms with Gasteiger partial charge >= 0.3 is 0 Å². The van der Waals surface area contributed by atoms with Gasteiger partial charge in [0.1, 0.15) is 0 Å². The number of nitrogens with one attached hydrogen (secondary N) is 1. The molecule has 3 unspecified atom stereocenters. The Hall–Kier alpha value is -0.120. The van der Waals surface area contributed by atoms with E-state index in [9.17, 15) is 5.11 Å². The molecule has 0 radical (unpaired) electrons. The fourth-order valence-electron chi connectivity index (χ4n) is 3.08. The van der Waals surface area contributed by atoms with E-state index in [0.29, 0.717) is 6.54 Å². The topological polar surface area (TPSA) is 35.5 Å². The van der Waals surface area contributed by atoms with Crippen LogP contribution < -0.4 is 5.32 Å². The molecule has 0 aromatic carbocycles. The van der Waals surface area contributed by atoms with Gasteiger partial charge in [0.05, 0.1) is 6.10 Å². The van der Waals surface area contributed by atoms with Crippen LogP contribution in [-0.2, 0) is 0 Å². The molecule has 1 aliphatic carbocycles. The fraction of sp³-hybridized carbons (Fsp3) is 1.00. The van der Waals surface area contributed by atoms with E-state index in [2.05, 4.69) is 10.2 Å². The van der Waals surface area contributed by atoms with E-state index in [-0.39, 0.29) is 6.10 Å². The maximum Gasteiger partial charge on any atom is 0.0791 e. The molecular weight excluding hydrogens is 176 g/mol. The van der Waals surface area contributed by atoms with Gasteiger partial charge in [-0.2, -0.15) is 0 Å². The van der Waals surface area contributed by atoms with Crippen LogP contribution in [-0.4, -0.2) is 49.3 Å². The molecule has 82 valence electrons. The van der Waals surface area contributed by atoms with E-state index in [4.69, 9.17) is 0 Å². The van der Waals surface area contributed by atoms with Gasteiger partial charge in [0.2, 0.25) is 0 Å². The average molecular weight is 198 g/mol. The summed E-state index contributed by atoms with van der Waals surface area (Å²) in [7, 11) is 1.89. The number of fused-ring (bicyclic) bond motifs is 1. The van der Waals surface area contributed by atoms with Crippen molar-refractivity contribution in [1.29, 1.82) is 0 Å². The van der Waals surface area contributed by atoms with Crippen molar-refractivity contribution in [3.05, 3.63) is 0 Å². The fourth-order valence-corrected chi connectivity index (χ4v) is 3.08. The highest BCUT2D eigenvalue weighted by Gasteiger charge is 2.36. The zero-order valence-corrected chi connectivity index (χ0v) is 9.08. The molecule has 1 aliphatic heterocycles. The summed E-state index contributed by atoms with van der Waals surface area (Å²) in [6.07, 6.45) is 4.08. The number of β-amino-alcohol motifs (C(OH)–C–C–N with tert-alkyl or cyclic N) is 1. The summed E-state index contributed by atoms with van der Waals surface area (Å²) in [5.74, 6) is 1.88. The van der Waals surface area contributed by atoms with E-state index < -0.39 is 0 Å². The summed E-state index contributed by atoms with van der Waals surface area (Å²) in [5.41, 5.74) is 0. The van der Waals surface area contributed by atoms with Crippen LogP contribution in [0.3, 0.4) is 0 Å². The van der Waals surface area contributed by atoms with Crippen molar-refractivity contribution < 1.29 is 5.11 Å². The third kappa shape index (κ3) is 2.27. The van der Waals surface area contributed by atoms with Gasteiger partial charge in [-0.15, -0.1) is 0 Å². The van der Waals surface area contributed by atoms with Gasteiger partial charge in [0, 0.05) is 26.2 Å². The third-order valence-corrected chi connectivity index (χ3v) is 3.71. The molecule has 3 nitrogen and oxygen atoms in total. The minimum atomic E-state index is -0.196. The summed E-state index contributed by atoms with van der Waals surface area (Å²) in [6.45, 7) is 4.02. The number of aliphatic hydroxyl groups is 1. The van der Waals surface area contributed by atoms with Gasteiger partial charge in [-0.25, -0.2) is 0 Å². The van der Waals surface area contributed by atoms with Crippen molar-refractivity contribution in [3.8, 4) is 0 Å². The van der Waals surface area contributed by atoms with E-state index in [1.54, 1.807) is 0 Å². The second-order valence-corrected chi connectivity index (χ2v) is 4.88. The second kappa shape index (κ2) is 4.60. The molecule has 0 aromatic heterocycles. The minimum absolute atomic E-state index is 0.196. The van der Waals surface area contributed by atoms with Gasteiger partial charge < -0.3 is 15.3 Å². The zero-order chi connectivity index (χ0) is 9.97. The van der Waals surface area contributed by atoms with Crippen molar-refractivity contribution in [2.24, 2.45) is 11.8 Å². The van der Waals surface area contributed by atoms with Crippen molar-refractivity contribution in [2.75, 3.05) is 33.2 Å². The van der Waals surface area contributed by atoms with E-state index in [1.807, 2.05) is 7.05 Å². The lowest BCUT2D eigenvalue weighted by Gasteiger charge is -2.20. The van der Waals surface area contributed by atoms with E-state index >= 15 is 0 Å². The maximum atomic E-state index is 9.67. The molecule has 0 spiro atoms. The zero-order valence-electron chi connectivity index (χ0n) is 9.08. The highest BCUT2D eigenvalue weighted by molar-refractivity contribution is 4.89. The quantitative estimate of drug-likeness (QED) is 0.682. The number of aliphatic hydroxyl groups excluding tert-OH is 1. The lowest BCUT2D eigenvalue weighted by molar-refractivity contribution is 0.121. The molecule has 3 heteroatoms. The molecule has 1 saturated carbocycles. The van der Waals surface area contributed by atoms with Crippen molar-refractivity contribution in [3.63, 3.8) is 0 Å². The highest BCUT2D eigenvalue weighted by atomic mass is 16.3.